The van der Waals surface area contributed by atoms with E-state index in [1.807, 2.05) is 52.0 Å². The minimum Gasteiger partial charge on any atom is -0.443 e. The molecular formula is C11H20N2O2. The van der Waals surface area contributed by atoms with Gasteiger partial charge >= 0.3 is 6.09 Å². The Balaban J connectivity index is 3.56. The van der Waals surface area contributed by atoms with E-state index in [1.165, 1.54) is 0 Å². The SMILES string of the molecule is C/C=C/C=C/CNNC(=O)OC(C)(C)C. The summed E-state index contributed by atoms with van der Waals surface area (Å²) >= 11 is 0. The fourth-order valence-corrected chi connectivity index (χ4v) is 0.743. The molecule has 0 rings (SSSR count). The Kier molecular flexibility index (Phi) is 6.45. The first-order valence-corrected chi connectivity index (χ1v) is 4.95. The summed E-state index contributed by atoms with van der Waals surface area (Å²) in [6.45, 7) is 7.95. The quantitative estimate of drug-likeness (QED) is 0.426. The van der Waals surface area contributed by atoms with Crippen molar-refractivity contribution in [1.29, 1.82) is 0 Å². The van der Waals surface area contributed by atoms with E-state index in [9.17, 15) is 4.79 Å². The minimum atomic E-state index is -0.470. The zero-order chi connectivity index (χ0) is 11.7. The lowest BCUT2D eigenvalue weighted by Gasteiger charge is -2.19. The maximum Gasteiger partial charge on any atom is 0.422 e. The number of nitrogens with one attached hydrogen (secondary N) is 2. The molecule has 0 aliphatic rings. The van der Waals surface area contributed by atoms with Gasteiger partial charge in [0.15, 0.2) is 0 Å². The van der Waals surface area contributed by atoms with Crippen LogP contribution in [-0.4, -0.2) is 18.2 Å². The van der Waals surface area contributed by atoms with Crippen molar-refractivity contribution in [3.05, 3.63) is 24.3 Å². The van der Waals surface area contributed by atoms with Crippen LogP contribution in [0.5, 0.6) is 0 Å². The van der Waals surface area contributed by atoms with E-state index in [0.717, 1.165) is 0 Å². The van der Waals surface area contributed by atoms with Gasteiger partial charge in [-0.05, 0) is 27.7 Å². The van der Waals surface area contributed by atoms with E-state index >= 15 is 0 Å². The molecule has 0 spiro atoms. The van der Waals surface area contributed by atoms with Gasteiger partial charge in [-0.15, -0.1) is 0 Å². The number of hydrazine groups is 1. The van der Waals surface area contributed by atoms with Crippen molar-refractivity contribution in [3.8, 4) is 0 Å². The molecule has 2 N–H and O–H groups in total. The fraction of sp³-hybridized carbons (Fsp3) is 0.545. The molecule has 0 aliphatic heterocycles. The van der Waals surface area contributed by atoms with Gasteiger partial charge in [-0.2, -0.15) is 0 Å². The molecule has 0 radical (unpaired) electrons. The minimum absolute atomic E-state index is 0.466. The molecule has 0 fully saturated rings. The first-order chi connectivity index (χ1) is 6.95. The average Bonchev–Trinajstić information content (AvgIpc) is 2.08. The maximum atomic E-state index is 11.1. The summed E-state index contributed by atoms with van der Waals surface area (Å²) in [5.74, 6) is 0. The second-order valence-electron chi connectivity index (χ2n) is 3.96. The summed E-state index contributed by atoms with van der Waals surface area (Å²) in [4.78, 5) is 11.1. The average molecular weight is 212 g/mol. The van der Waals surface area contributed by atoms with E-state index in [1.54, 1.807) is 0 Å². The number of hydrogen-bond donors (Lipinski definition) is 2. The Morgan fingerprint density at radius 2 is 2.00 bits per heavy atom. The largest absolute Gasteiger partial charge is 0.443 e. The molecule has 0 heterocycles. The number of ether oxygens (including phenoxy) is 1. The number of rotatable bonds is 4. The number of carbonyl (C=O) groups excluding carboxylic acids is 1. The first kappa shape index (κ1) is 13.7. The summed E-state index contributed by atoms with van der Waals surface area (Å²) in [7, 11) is 0. The second kappa shape index (κ2) is 7.06. The van der Waals surface area contributed by atoms with Crippen LogP contribution in [0.15, 0.2) is 24.3 Å². The number of amides is 1. The van der Waals surface area contributed by atoms with E-state index < -0.39 is 11.7 Å². The lowest BCUT2D eigenvalue weighted by atomic mass is 10.2. The third-order valence-electron chi connectivity index (χ3n) is 1.25. The lowest BCUT2D eigenvalue weighted by molar-refractivity contribution is 0.0501. The summed E-state index contributed by atoms with van der Waals surface area (Å²) in [5, 5.41) is 0. The highest BCUT2D eigenvalue weighted by Gasteiger charge is 2.15. The predicted octanol–water partition coefficient (Wildman–Crippen LogP) is 2.15. The van der Waals surface area contributed by atoms with Crippen molar-refractivity contribution in [2.24, 2.45) is 0 Å². The number of hydrogen-bond acceptors (Lipinski definition) is 3. The topological polar surface area (TPSA) is 50.4 Å². The molecule has 0 aromatic heterocycles. The highest BCUT2D eigenvalue weighted by atomic mass is 16.6. The van der Waals surface area contributed by atoms with Crippen molar-refractivity contribution >= 4 is 6.09 Å². The summed E-state index contributed by atoms with van der Waals surface area (Å²) in [5.41, 5.74) is 4.69. The molecule has 0 aromatic rings. The van der Waals surface area contributed by atoms with Crippen LogP contribution in [0.4, 0.5) is 4.79 Å². The van der Waals surface area contributed by atoms with Gasteiger partial charge in [0, 0.05) is 6.54 Å². The lowest BCUT2D eigenvalue weighted by Crippen LogP contribution is -2.41. The molecule has 0 atom stereocenters. The van der Waals surface area contributed by atoms with Crippen molar-refractivity contribution in [1.82, 2.24) is 10.9 Å². The number of carbonyl (C=O) groups is 1. The van der Waals surface area contributed by atoms with Gasteiger partial charge in [0.25, 0.3) is 0 Å². The fourth-order valence-electron chi connectivity index (χ4n) is 0.743. The standard InChI is InChI=1S/C11H20N2O2/c1-5-6-7-8-9-12-13-10(14)15-11(2,3)4/h5-8,12H,9H2,1-4H3,(H,13,14)/b6-5+,8-7+. The van der Waals surface area contributed by atoms with E-state index in [2.05, 4.69) is 10.9 Å². The Morgan fingerprint density at radius 1 is 1.33 bits per heavy atom. The second-order valence-corrected chi connectivity index (χ2v) is 3.96. The zero-order valence-electron chi connectivity index (χ0n) is 9.83. The monoisotopic (exact) mass is 212 g/mol. The van der Waals surface area contributed by atoms with Gasteiger partial charge in [0.05, 0.1) is 0 Å². The molecule has 0 aliphatic carbocycles. The van der Waals surface area contributed by atoms with Gasteiger partial charge in [0.2, 0.25) is 0 Å². The van der Waals surface area contributed by atoms with Crippen LogP contribution in [-0.2, 0) is 4.74 Å². The van der Waals surface area contributed by atoms with Gasteiger partial charge in [0.1, 0.15) is 5.60 Å². The zero-order valence-corrected chi connectivity index (χ0v) is 9.83. The molecule has 4 nitrogen and oxygen atoms in total. The van der Waals surface area contributed by atoms with Gasteiger partial charge in [-0.3, -0.25) is 5.43 Å². The summed E-state index contributed by atoms with van der Waals surface area (Å²) in [6.07, 6.45) is 7.15. The van der Waals surface area contributed by atoms with Gasteiger partial charge < -0.3 is 4.74 Å². The van der Waals surface area contributed by atoms with E-state index in [4.69, 9.17) is 4.74 Å². The van der Waals surface area contributed by atoms with Crippen LogP contribution >= 0.6 is 0 Å². The van der Waals surface area contributed by atoms with E-state index in [-0.39, 0.29) is 0 Å². The van der Waals surface area contributed by atoms with Crippen molar-refractivity contribution in [2.75, 3.05) is 6.54 Å². The normalized spacial score (nSPS) is 12.3. The van der Waals surface area contributed by atoms with Crippen LogP contribution in [0.3, 0.4) is 0 Å². The molecule has 86 valence electrons. The molecular weight excluding hydrogens is 192 g/mol. The van der Waals surface area contributed by atoms with Crippen molar-refractivity contribution in [2.45, 2.75) is 33.3 Å². The molecule has 0 saturated carbocycles. The Hall–Kier alpha value is -1.29. The molecule has 0 aromatic carbocycles. The van der Waals surface area contributed by atoms with Crippen LogP contribution < -0.4 is 10.9 Å². The van der Waals surface area contributed by atoms with Gasteiger partial charge in [-0.25, -0.2) is 10.2 Å². The smallest absolute Gasteiger partial charge is 0.422 e. The van der Waals surface area contributed by atoms with E-state index in [0.29, 0.717) is 6.54 Å². The first-order valence-electron chi connectivity index (χ1n) is 4.95. The molecule has 15 heavy (non-hydrogen) atoms. The highest BCUT2D eigenvalue weighted by molar-refractivity contribution is 5.66. The molecule has 1 amide bonds. The van der Waals surface area contributed by atoms with Crippen LogP contribution in [0, 0.1) is 0 Å². The predicted molar refractivity (Wildman–Crippen MR) is 61.3 cm³/mol. The highest BCUT2D eigenvalue weighted by Crippen LogP contribution is 2.05. The maximum absolute atomic E-state index is 11.1. The molecule has 4 heteroatoms. The Labute approximate surface area is 91.4 Å². The third-order valence-corrected chi connectivity index (χ3v) is 1.25. The number of allylic oxidation sites excluding steroid dienone is 3. The van der Waals surface area contributed by atoms with Crippen LogP contribution in [0.2, 0.25) is 0 Å². The van der Waals surface area contributed by atoms with Crippen LogP contribution in [0.1, 0.15) is 27.7 Å². The Morgan fingerprint density at radius 3 is 2.53 bits per heavy atom. The molecule has 0 saturated heterocycles. The van der Waals surface area contributed by atoms with Crippen molar-refractivity contribution < 1.29 is 9.53 Å². The van der Waals surface area contributed by atoms with Crippen molar-refractivity contribution in [3.63, 3.8) is 0 Å². The Bertz CT molecular complexity index is 239. The summed E-state index contributed by atoms with van der Waals surface area (Å²) in [6, 6.07) is 0. The van der Waals surface area contributed by atoms with Gasteiger partial charge in [-0.1, -0.05) is 24.3 Å². The summed E-state index contributed by atoms with van der Waals surface area (Å²) < 4.78 is 5.01. The molecule has 0 unspecified atom stereocenters. The van der Waals surface area contributed by atoms with Crippen LogP contribution in [0.25, 0.3) is 0 Å². The molecule has 0 bridgehead atoms. The third kappa shape index (κ3) is 10.6.